The van der Waals surface area contributed by atoms with Crippen LogP contribution in [-0.4, -0.2) is 36.5 Å². The predicted molar refractivity (Wildman–Crippen MR) is 134 cm³/mol. The zero-order valence-corrected chi connectivity index (χ0v) is 20.1. The maximum atomic E-state index is 13.0. The van der Waals surface area contributed by atoms with E-state index in [1.165, 1.54) is 0 Å². The van der Waals surface area contributed by atoms with Gasteiger partial charge >= 0.3 is 0 Å². The lowest BCUT2D eigenvalue weighted by molar-refractivity contribution is -0.118. The molecule has 3 aromatic heterocycles. The highest BCUT2D eigenvalue weighted by Crippen LogP contribution is 2.25. The molecule has 1 aromatic carbocycles. The summed E-state index contributed by atoms with van der Waals surface area (Å²) in [5.41, 5.74) is 7.62. The Morgan fingerprint density at radius 1 is 1.09 bits per heavy atom. The molecule has 0 aliphatic heterocycles. The number of benzene rings is 1. The van der Waals surface area contributed by atoms with Gasteiger partial charge in [-0.05, 0) is 44.2 Å². The van der Waals surface area contributed by atoms with Gasteiger partial charge in [-0.15, -0.1) is 0 Å². The van der Waals surface area contributed by atoms with Crippen LogP contribution in [0.25, 0.3) is 22.0 Å². The SMILES string of the molecule is CC(C)n1cc(C(=O)N[C@@H](CCCCCC(N)=O)c2ncc(-c3ccc4ccncc4c3)[nH]2)cn1. The van der Waals surface area contributed by atoms with Crippen LogP contribution in [0.2, 0.25) is 0 Å². The Labute approximate surface area is 204 Å². The van der Waals surface area contributed by atoms with Crippen LogP contribution in [0.3, 0.4) is 0 Å². The van der Waals surface area contributed by atoms with Crippen LogP contribution in [0.5, 0.6) is 0 Å². The second kappa shape index (κ2) is 10.9. The van der Waals surface area contributed by atoms with Crippen molar-refractivity contribution in [3.05, 3.63) is 66.6 Å². The molecule has 0 aliphatic carbocycles. The van der Waals surface area contributed by atoms with Gasteiger partial charge in [0, 0.05) is 42.0 Å². The van der Waals surface area contributed by atoms with Crippen LogP contribution in [0.15, 0.2) is 55.2 Å². The summed E-state index contributed by atoms with van der Waals surface area (Å²) >= 11 is 0. The molecule has 3 heterocycles. The summed E-state index contributed by atoms with van der Waals surface area (Å²) < 4.78 is 1.76. The van der Waals surface area contributed by atoms with Gasteiger partial charge in [-0.3, -0.25) is 19.3 Å². The molecule has 4 rings (SSSR count). The van der Waals surface area contributed by atoms with Crippen molar-refractivity contribution in [2.24, 2.45) is 5.73 Å². The Bertz CT molecular complexity index is 1310. The van der Waals surface area contributed by atoms with E-state index in [0.29, 0.717) is 24.2 Å². The second-order valence-electron chi connectivity index (χ2n) is 9.01. The van der Waals surface area contributed by atoms with Crippen molar-refractivity contribution in [3.63, 3.8) is 0 Å². The fourth-order valence-electron chi connectivity index (χ4n) is 3.99. The number of nitrogens with zero attached hydrogens (tertiary/aromatic N) is 4. The van der Waals surface area contributed by atoms with Gasteiger partial charge in [0.05, 0.1) is 29.7 Å². The number of hydrogen-bond donors (Lipinski definition) is 3. The van der Waals surface area contributed by atoms with E-state index in [9.17, 15) is 9.59 Å². The Morgan fingerprint density at radius 3 is 2.71 bits per heavy atom. The third-order valence-electron chi connectivity index (χ3n) is 5.99. The minimum absolute atomic E-state index is 0.169. The zero-order chi connectivity index (χ0) is 24.8. The maximum Gasteiger partial charge on any atom is 0.255 e. The highest BCUT2D eigenvalue weighted by molar-refractivity contribution is 5.94. The molecule has 0 fully saturated rings. The van der Waals surface area contributed by atoms with Crippen LogP contribution in [0.4, 0.5) is 0 Å². The molecular weight excluding hydrogens is 442 g/mol. The van der Waals surface area contributed by atoms with Crippen LogP contribution >= 0.6 is 0 Å². The summed E-state index contributed by atoms with van der Waals surface area (Å²) in [6, 6.07) is 7.99. The Morgan fingerprint density at radius 2 is 1.94 bits per heavy atom. The molecule has 9 heteroatoms. The first-order valence-corrected chi connectivity index (χ1v) is 11.9. The molecule has 0 radical (unpaired) electrons. The lowest BCUT2D eigenvalue weighted by Crippen LogP contribution is -2.29. The fraction of sp³-hybridized carbons (Fsp3) is 0.346. The highest BCUT2D eigenvalue weighted by Gasteiger charge is 2.20. The number of nitrogens with two attached hydrogens (primary N) is 1. The molecule has 4 N–H and O–H groups in total. The molecule has 0 spiro atoms. The van der Waals surface area contributed by atoms with Gasteiger partial charge in [-0.25, -0.2) is 4.98 Å². The molecule has 35 heavy (non-hydrogen) atoms. The lowest BCUT2D eigenvalue weighted by atomic mass is 10.1. The van der Waals surface area contributed by atoms with Crippen LogP contribution < -0.4 is 11.1 Å². The van der Waals surface area contributed by atoms with E-state index < -0.39 is 0 Å². The van der Waals surface area contributed by atoms with Crippen molar-refractivity contribution in [1.29, 1.82) is 0 Å². The number of amides is 2. The van der Waals surface area contributed by atoms with Crippen LogP contribution in [0, 0.1) is 0 Å². The number of carbonyl (C=O) groups excluding carboxylic acids is 2. The van der Waals surface area contributed by atoms with E-state index >= 15 is 0 Å². The quantitative estimate of drug-likeness (QED) is 0.279. The van der Waals surface area contributed by atoms with E-state index in [1.807, 2.05) is 32.2 Å². The Kier molecular flexibility index (Phi) is 7.54. The fourth-order valence-corrected chi connectivity index (χ4v) is 3.99. The van der Waals surface area contributed by atoms with E-state index in [4.69, 9.17) is 5.73 Å². The second-order valence-corrected chi connectivity index (χ2v) is 9.01. The number of H-pyrrole nitrogens is 1. The van der Waals surface area contributed by atoms with E-state index in [1.54, 1.807) is 29.5 Å². The molecule has 1 atom stereocenters. The number of carbonyl (C=O) groups is 2. The Balaban J connectivity index is 1.52. The molecule has 9 nitrogen and oxygen atoms in total. The number of rotatable bonds is 11. The van der Waals surface area contributed by atoms with Crippen molar-refractivity contribution < 1.29 is 9.59 Å². The molecule has 0 saturated carbocycles. The van der Waals surface area contributed by atoms with Crippen LogP contribution in [-0.2, 0) is 4.79 Å². The predicted octanol–water partition coefficient (Wildman–Crippen LogP) is 4.31. The maximum absolute atomic E-state index is 13.0. The number of nitrogens with one attached hydrogen (secondary N) is 2. The smallest absolute Gasteiger partial charge is 0.255 e. The van der Waals surface area contributed by atoms with Gasteiger partial charge in [-0.1, -0.05) is 25.0 Å². The first-order valence-electron chi connectivity index (χ1n) is 11.9. The minimum atomic E-state index is -0.311. The first-order chi connectivity index (χ1) is 16.9. The number of aromatic amines is 1. The first kappa shape index (κ1) is 24.1. The summed E-state index contributed by atoms with van der Waals surface area (Å²) in [7, 11) is 0. The largest absolute Gasteiger partial charge is 0.370 e. The van der Waals surface area contributed by atoms with Crippen LogP contribution in [0.1, 0.15) is 74.2 Å². The van der Waals surface area contributed by atoms with Gasteiger partial charge in [0.2, 0.25) is 5.91 Å². The monoisotopic (exact) mass is 473 g/mol. The number of fused-ring (bicyclic) bond motifs is 1. The van der Waals surface area contributed by atoms with Gasteiger partial charge < -0.3 is 16.0 Å². The van der Waals surface area contributed by atoms with Gasteiger partial charge in [0.15, 0.2) is 0 Å². The van der Waals surface area contributed by atoms with Crippen molar-refractivity contribution in [2.45, 2.75) is 58.0 Å². The van der Waals surface area contributed by atoms with E-state index in [-0.39, 0.29) is 23.9 Å². The number of primary amides is 1. The van der Waals surface area contributed by atoms with Gasteiger partial charge in [0.25, 0.3) is 5.91 Å². The van der Waals surface area contributed by atoms with Crippen molar-refractivity contribution >= 4 is 22.6 Å². The third kappa shape index (κ3) is 6.11. The molecule has 4 aromatic rings. The molecule has 0 unspecified atom stereocenters. The number of hydrogen-bond acceptors (Lipinski definition) is 5. The minimum Gasteiger partial charge on any atom is -0.370 e. The zero-order valence-electron chi connectivity index (χ0n) is 20.1. The summed E-state index contributed by atoms with van der Waals surface area (Å²) in [5, 5.41) is 9.54. The average molecular weight is 474 g/mol. The normalized spacial score (nSPS) is 12.2. The van der Waals surface area contributed by atoms with Gasteiger partial charge in [0.1, 0.15) is 5.82 Å². The molecule has 182 valence electrons. The molecule has 2 amide bonds. The Hall–Kier alpha value is -4.01. The van der Waals surface area contributed by atoms with Gasteiger partial charge in [-0.2, -0.15) is 5.10 Å². The third-order valence-corrected chi connectivity index (χ3v) is 5.99. The highest BCUT2D eigenvalue weighted by atomic mass is 16.2. The average Bonchev–Trinajstić information content (AvgIpc) is 3.53. The van der Waals surface area contributed by atoms with Crippen molar-refractivity contribution in [1.82, 2.24) is 30.0 Å². The number of aromatic nitrogens is 5. The molecule has 0 bridgehead atoms. The summed E-state index contributed by atoms with van der Waals surface area (Å²) in [6.45, 7) is 4.02. The molecular formula is C26H31N7O2. The summed E-state index contributed by atoms with van der Waals surface area (Å²) in [5.74, 6) is 0.192. The molecule has 0 saturated heterocycles. The standard InChI is InChI=1S/C26H31N7O2/c1-17(2)33-16-21(14-30-33)26(35)32-22(6-4-3-5-7-24(27)34)25-29-15-23(31-25)19-9-8-18-10-11-28-13-20(18)12-19/h8-17,22H,3-7H2,1-2H3,(H2,27,34)(H,29,31)(H,32,35)/t22-/m0/s1. The number of pyridine rings is 1. The number of imidazole rings is 1. The summed E-state index contributed by atoms with van der Waals surface area (Å²) in [4.78, 5) is 36.2. The number of unbranched alkanes of at least 4 members (excludes halogenated alkanes) is 2. The lowest BCUT2D eigenvalue weighted by Gasteiger charge is -2.16. The van der Waals surface area contributed by atoms with Crippen molar-refractivity contribution in [2.75, 3.05) is 0 Å². The summed E-state index contributed by atoms with van der Waals surface area (Å²) in [6.07, 6.45) is 12.2. The van der Waals surface area contributed by atoms with E-state index in [0.717, 1.165) is 41.3 Å². The topological polar surface area (TPSA) is 132 Å². The van der Waals surface area contributed by atoms with E-state index in [2.05, 4.69) is 37.5 Å². The van der Waals surface area contributed by atoms with Crippen molar-refractivity contribution in [3.8, 4) is 11.3 Å². The molecule has 0 aliphatic rings.